The molecule has 1 nitrogen and oxygen atoms in total. The molecule has 0 aliphatic heterocycles. The molecule has 0 amide bonds. The monoisotopic (exact) mass is 378 g/mol. The lowest BCUT2D eigenvalue weighted by atomic mass is 10.0. The minimum absolute atomic E-state index is 0.396. The first kappa shape index (κ1) is 15.1. The third-order valence-corrected chi connectivity index (χ3v) is 4.85. The molecule has 0 aliphatic carbocycles. The van der Waals surface area contributed by atoms with Crippen LogP contribution in [0.15, 0.2) is 40.9 Å². The SMILES string of the molecule is OC(Cc1cccc(Cl)c1Cl)c1ccc(Cl)c(Br)c1. The molecule has 5 heteroatoms. The number of rotatable bonds is 3. The van der Waals surface area contributed by atoms with Crippen LogP contribution < -0.4 is 0 Å². The summed E-state index contributed by atoms with van der Waals surface area (Å²) in [7, 11) is 0. The Morgan fingerprint density at radius 3 is 2.47 bits per heavy atom. The topological polar surface area (TPSA) is 20.2 Å². The van der Waals surface area contributed by atoms with Crippen LogP contribution in [-0.2, 0) is 6.42 Å². The van der Waals surface area contributed by atoms with Crippen LogP contribution in [0.2, 0.25) is 15.1 Å². The molecule has 2 aromatic rings. The molecule has 1 atom stereocenters. The van der Waals surface area contributed by atoms with Crippen LogP contribution in [0.3, 0.4) is 0 Å². The van der Waals surface area contributed by atoms with Crippen molar-refractivity contribution in [1.82, 2.24) is 0 Å². The number of benzene rings is 2. The molecule has 0 radical (unpaired) electrons. The van der Waals surface area contributed by atoms with Crippen molar-refractivity contribution in [3.05, 3.63) is 67.1 Å². The minimum Gasteiger partial charge on any atom is -0.388 e. The van der Waals surface area contributed by atoms with Crippen molar-refractivity contribution < 1.29 is 5.11 Å². The maximum atomic E-state index is 10.2. The Morgan fingerprint density at radius 1 is 1.05 bits per heavy atom. The van der Waals surface area contributed by atoms with E-state index < -0.39 is 6.10 Å². The summed E-state index contributed by atoms with van der Waals surface area (Å²) in [5.74, 6) is 0. The van der Waals surface area contributed by atoms with Gasteiger partial charge in [-0.3, -0.25) is 0 Å². The highest BCUT2D eigenvalue weighted by Gasteiger charge is 2.13. The molecular formula is C14H10BrCl3O. The maximum Gasteiger partial charge on any atom is 0.0831 e. The van der Waals surface area contributed by atoms with Gasteiger partial charge in [-0.2, -0.15) is 0 Å². The van der Waals surface area contributed by atoms with Gasteiger partial charge in [0.2, 0.25) is 0 Å². The van der Waals surface area contributed by atoms with Crippen molar-refractivity contribution in [3.8, 4) is 0 Å². The maximum absolute atomic E-state index is 10.2. The molecule has 0 fully saturated rings. The van der Waals surface area contributed by atoms with E-state index in [1.54, 1.807) is 24.3 Å². The van der Waals surface area contributed by atoms with Gasteiger partial charge in [-0.25, -0.2) is 0 Å². The van der Waals surface area contributed by atoms with Crippen LogP contribution in [0.4, 0.5) is 0 Å². The molecule has 0 bridgehead atoms. The predicted molar refractivity (Wildman–Crippen MR) is 84.3 cm³/mol. The molecule has 19 heavy (non-hydrogen) atoms. The molecule has 2 aromatic carbocycles. The molecule has 0 heterocycles. The number of aliphatic hydroxyl groups excluding tert-OH is 1. The van der Waals surface area contributed by atoms with Crippen LogP contribution in [-0.4, -0.2) is 5.11 Å². The summed E-state index contributed by atoms with van der Waals surface area (Å²) < 4.78 is 0.753. The van der Waals surface area contributed by atoms with Crippen LogP contribution in [0.5, 0.6) is 0 Å². The van der Waals surface area contributed by atoms with Crippen LogP contribution in [0, 0.1) is 0 Å². The molecule has 1 N–H and O–H groups in total. The summed E-state index contributed by atoms with van der Waals surface area (Å²) in [5.41, 5.74) is 1.58. The molecule has 2 rings (SSSR count). The second-order valence-electron chi connectivity index (χ2n) is 4.11. The van der Waals surface area contributed by atoms with E-state index in [0.29, 0.717) is 21.5 Å². The van der Waals surface area contributed by atoms with E-state index in [-0.39, 0.29) is 0 Å². The standard InChI is InChI=1S/C14H10BrCl3O/c15-10-6-8(4-5-11(10)16)13(19)7-9-2-1-3-12(17)14(9)18/h1-6,13,19H,7H2. The zero-order valence-electron chi connectivity index (χ0n) is 9.71. The van der Waals surface area contributed by atoms with Crippen molar-refractivity contribution in [2.45, 2.75) is 12.5 Å². The van der Waals surface area contributed by atoms with Crippen LogP contribution >= 0.6 is 50.7 Å². The molecule has 100 valence electrons. The fourth-order valence-corrected chi connectivity index (χ4v) is 2.66. The van der Waals surface area contributed by atoms with Gasteiger partial charge >= 0.3 is 0 Å². The minimum atomic E-state index is -0.662. The summed E-state index contributed by atoms with van der Waals surface area (Å²) >= 11 is 21.3. The van der Waals surface area contributed by atoms with Crippen molar-refractivity contribution >= 4 is 50.7 Å². The lowest BCUT2D eigenvalue weighted by Gasteiger charge is -2.13. The Hall–Kier alpha value is -0.250. The fourth-order valence-electron chi connectivity index (χ4n) is 1.75. The van der Waals surface area contributed by atoms with Gasteiger partial charge in [0.1, 0.15) is 0 Å². The Labute approximate surface area is 135 Å². The summed E-state index contributed by atoms with van der Waals surface area (Å²) in [6.45, 7) is 0. The lowest BCUT2D eigenvalue weighted by molar-refractivity contribution is 0.178. The number of halogens is 4. The summed E-state index contributed by atoms with van der Waals surface area (Å²) in [4.78, 5) is 0. The summed E-state index contributed by atoms with van der Waals surface area (Å²) in [6.07, 6.45) is -0.266. The highest BCUT2D eigenvalue weighted by atomic mass is 79.9. The average Bonchev–Trinajstić information content (AvgIpc) is 2.38. The summed E-state index contributed by atoms with van der Waals surface area (Å²) in [5, 5.41) is 11.8. The lowest BCUT2D eigenvalue weighted by Crippen LogP contribution is -2.02. The van der Waals surface area contributed by atoms with E-state index in [0.717, 1.165) is 15.6 Å². The zero-order valence-corrected chi connectivity index (χ0v) is 13.6. The predicted octanol–water partition coefficient (Wildman–Crippen LogP) is 5.69. The molecule has 0 aromatic heterocycles. The largest absolute Gasteiger partial charge is 0.388 e. The highest BCUT2D eigenvalue weighted by molar-refractivity contribution is 9.10. The third-order valence-electron chi connectivity index (χ3n) is 2.77. The van der Waals surface area contributed by atoms with E-state index in [2.05, 4.69) is 15.9 Å². The van der Waals surface area contributed by atoms with Gasteiger partial charge in [-0.05, 0) is 45.3 Å². The van der Waals surface area contributed by atoms with E-state index in [9.17, 15) is 5.11 Å². The molecule has 1 unspecified atom stereocenters. The van der Waals surface area contributed by atoms with Gasteiger partial charge in [0.05, 0.1) is 21.2 Å². The zero-order chi connectivity index (χ0) is 14.0. The Balaban J connectivity index is 2.23. The third kappa shape index (κ3) is 3.65. The van der Waals surface area contributed by atoms with Crippen molar-refractivity contribution in [3.63, 3.8) is 0 Å². The molecule has 0 spiro atoms. The van der Waals surface area contributed by atoms with Gasteiger partial charge in [0.15, 0.2) is 0 Å². The molecule has 0 aliphatic rings. The quantitative estimate of drug-likeness (QED) is 0.726. The van der Waals surface area contributed by atoms with Gasteiger partial charge in [0, 0.05) is 10.9 Å². The smallest absolute Gasteiger partial charge is 0.0831 e. The Kier molecular flexibility index (Phi) is 5.15. The second kappa shape index (κ2) is 6.47. The Bertz CT molecular complexity index is 601. The fraction of sp³-hybridized carbons (Fsp3) is 0.143. The van der Waals surface area contributed by atoms with Gasteiger partial charge in [0.25, 0.3) is 0 Å². The van der Waals surface area contributed by atoms with Crippen molar-refractivity contribution in [2.24, 2.45) is 0 Å². The second-order valence-corrected chi connectivity index (χ2v) is 6.15. The van der Waals surface area contributed by atoms with Crippen molar-refractivity contribution in [1.29, 1.82) is 0 Å². The summed E-state index contributed by atoms with van der Waals surface area (Å²) in [6, 6.07) is 10.7. The van der Waals surface area contributed by atoms with Gasteiger partial charge < -0.3 is 5.11 Å². The first-order valence-electron chi connectivity index (χ1n) is 5.55. The number of aliphatic hydroxyl groups is 1. The first-order chi connectivity index (χ1) is 8.99. The average molecular weight is 380 g/mol. The van der Waals surface area contributed by atoms with Gasteiger partial charge in [-0.1, -0.05) is 53.0 Å². The highest BCUT2D eigenvalue weighted by Crippen LogP contribution is 2.31. The number of hydrogen-bond donors (Lipinski definition) is 1. The molecule has 0 saturated carbocycles. The normalized spacial score (nSPS) is 12.5. The van der Waals surface area contributed by atoms with E-state index >= 15 is 0 Å². The number of hydrogen-bond acceptors (Lipinski definition) is 1. The van der Waals surface area contributed by atoms with Crippen LogP contribution in [0.1, 0.15) is 17.2 Å². The van der Waals surface area contributed by atoms with E-state index in [1.165, 1.54) is 0 Å². The van der Waals surface area contributed by atoms with Crippen molar-refractivity contribution in [2.75, 3.05) is 0 Å². The molecule has 0 saturated heterocycles. The van der Waals surface area contributed by atoms with E-state index in [4.69, 9.17) is 34.8 Å². The molecular weight excluding hydrogens is 370 g/mol. The van der Waals surface area contributed by atoms with E-state index in [1.807, 2.05) is 12.1 Å². The Morgan fingerprint density at radius 2 is 1.79 bits per heavy atom. The van der Waals surface area contributed by atoms with Crippen LogP contribution in [0.25, 0.3) is 0 Å². The van der Waals surface area contributed by atoms with Gasteiger partial charge in [-0.15, -0.1) is 0 Å². The first-order valence-corrected chi connectivity index (χ1v) is 7.47.